The van der Waals surface area contributed by atoms with Gasteiger partial charge in [0.1, 0.15) is 0 Å². The highest BCUT2D eigenvalue weighted by atomic mass is 79.9. The number of nitrogens with zero attached hydrogens (tertiary/aromatic N) is 2. The molecule has 2 rings (SSSR count). The van der Waals surface area contributed by atoms with Crippen molar-refractivity contribution in [3.63, 3.8) is 0 Å². The molecule has 0 aliphatic carbocycles. The van der Waals surface area contributed by atoms with Crippen LogP contribution >= 0.6 is 15.9 Å². The fourth-order valence-corrected chi connectivity index (χ4v) is 4.39. The van der Waals surface area contributed by atoms with Gasteiger partial charge in [0.15, 0.2) is 9.84 Å². The molecule has 1 aromatic rings. The first kappa shape index (κ1) is 15.7. The van der Waals surface area contributed by atoms with Gasteiger partial charge in [0, 0.05) is 24.8 Å². The number of aromatic nitrogens is 2. The van der Waals surface area contributed by atoms with Gasteiger partial charge in [-0.05, 0) is 36.2 Å². The van der Waals surface area contributed by atoms with Gasteiger partial charge in [-0.15, -0.1) is 0 Å². The van der Waals surface area contributed by atoms with Crippen LogP contribution in [0.15, 0.2) is 9.27 Å². The van der Waals surface area contributed by atoms with Crippen molar-refractivity contribution in [2.75, 3.05) is 18.1 Å². The maximum absolute atomic E-state index is 11.9. The van der Waals surface area contributed by atoms with E-state index in [1.807, 2.05) is 6.92 Å². The van der Waals surface area contributed by atoms with Crippen LogP contribution in [0.5, 0.6) is 0 Å². The second kappa shape index (κ2) is 5.95. The minimum atomic E-state index is -2.87. The fraction of sp³-hybridized carbons (Fsp3) is 0.667. The van der Waals surface area contributed by atoms with Crippen LogP contribution in [0.1, 0.15) is 17.8 Å². The Labute approximate surface area is 126 Å². The molecule has 8 heteroatoms. The molecule has 1 N–H and O–H groups in total. The van der Waals surface area contributed by atoms with Crippen molar-refractivity contribution >= 4 is 25.8 Å². The quantitative estimate of drug-likeness (QED) is 0.837. The van der Waals surface area contributed by atoms with Gasteiger partial charge in [-0.3, -0.25) is 4.57 Å². The fourth-order valence-electron chi connectivity index (χ4n) is 2.38. The van der Waals surface area contributed by atoms with E-state index in [1.165, 1.54) is 0 Å². The van der Waals surface area contributed by atoms with Crippen molar-refractivity contribution in [1.82, 2.24) is 14.9 Å². The number of aryl methyl sites for hydroxylation is 1. The average Bonchev–Trinajstić information content (AvgIpc) is 2.70. The lowest BCUT2D eigenvalue weighted by molar-refractivity contribution is 0.504. The minimum absolute atomic E-state index is 0.00198. The Bertz CT molecular complexity index is 669. The summed E-state index contributed by atoms with van der Waals surface area (Å²) < 4.78 is 25.1. The molecule has 1 unspecified atom stereocenters. The van der Waals surface area contributed by atoms with E-state index in [4.69, 9.17) is 0 Å². The van der Waals surface area contributed by atoms with Gasteiger partial charge in [-0.1, -0.05) is 0 Å². The summed E-state index contributed by atoms with van der Waals surface area (Å²) in [6.45, 7) is 4.68. The molecule has 1 aliphatic heterocycles. The number of halogens is 1. The summed E-state index contributed by atoms with van der Waals surface area (Å²) in [5, 5.41) is 3.19. The Kier molecular flexibility index (Phi) is 4.66. The maximum atomic E-state index is 11.9. The zero-order chi connectivity index (χ0) is 14.9. The molecule has 20 heavy (non-hydrogen) atoms. The molecule has 0 radical (unpaired) electrons. The van der Waals surface area contributed by atoms with Crippen LogP contribution in [0.4, 0.5) is 0 Å². The van der Waals surface area contributed by atoms with Gasteiger partial charge >= 0.3 is 5.69 Å². The van der Waals surface area contributed by atoms with E-state index >= 15 is 0 Å². The summed E-state index contributed by atoms with van der Waals surface area (Å²) in [6, 6.07) is -0.00198. The summed E-state index contributed by atoms with van der Waals surface area (Å²) in [7, 11) is -2.87. The van der Waals surface area contributed by atoms with Crippen LogP contribution in [0.2, 0.25) is 0 Å². The summed E-state index contributed by atoms with van der Waals surface area (Å²) in [5.74, 6) is 0.442. The van der Waals surface area contributed by atoms with Crippen molar-refractivity contribution in [2.45, 2.75) is 32.9 Å². The SMILES string of the molecule is Cc1nc(=O)n(CCNC2CCS(=O)(=O)C2)c(C)c1Br. The van der Waals surface area contributed by atoms with Gasteiger partial charge < -0.3 is 5.32 Å². The number of sulfone groups is 1. The largest absolute Gasteiger partial charge is 0.348 e. The van der Waals surface area contributed by atoms with Gasteiger partial charge in [-0.25, -0.2) is 13.2 Å². The van der Waals surface area contributed by atoms with Crippen LogP contribution < -0.4 is 11.0 Å². The Morgan fingerprint density at radius 1 is 1.45 bits per heavy atom. The molecule has 0 saturated carbocycles. The third-order valence-corrected chi connectivity index (χ3v) is 6.45. The Morgan fingerprint density at radius 2 is 2.15 bits per heavy atom. The zero-order valence-electron chi connectivity index (χ0n) is 11.5. The van der Waals surface area contributed by atoms with Crippen LogP contribution in [0, 0.1) is 13.8 Å². The van der Waals surface area contributed by atoms with Crippen molar-refractivity contribution in [2.24, 2.45) is 0 Å². The molecule has 0 spiro atoms. The van der Waals surface area contributed by atoms with Crippen LogP contribution in [-0.2, 0) is 16.4 Å². The van der Waals surface area contributed by atoms with Crippen molar-refractivity contribution in [3.8, 4) is 0 Å². The summed E-state index contributed by atoms with van der Waals surface area (Å²) in [6.07, 6.45) is 0.645. The molecule has 1 aromatic heterocycles. The second-order valence-corrected chi connectivity index (χ2v) is 8.11. The van der Waals surface area contributed by atoms with E-state index in [9.17, 15) is 13.2 Å². The lowest BCUT2D eigenvalue weighted by atomic mass is 10.2. The second-order valence-electron chi connectivity index (χ2n) is 5.08. The molecule has 1 aliphatic rings. The van der Waals surface area contributed by atoms with E-state index in [0.717, 1.165) is 10.2 Å². The molecule has 112 valence electrons. The molecule has 1 fully saturated rings. The third-order valence-electron chi connectivity index (χ3n) is 3.54. The zero-order valence-corrected chi connectivity index (χ0v) is 13.9. The summed E-state index contributed by atoms with van der Waals surface area (Å²) >= 11 is 3.42. The summed E-state index contributed by atoms with van der Waals surface area (Å²) in [5.41, 5.74) is 1.24. The third kappa shape index (κ3) is 3.48. The van der Waals surface area contributed by atoms with E-state index in [-0.39, 0.29) is 23.2 Å². The molecular formula is C12H18BrN3O3S. The monoisotopic (exact) mass is 363 g/mol. The smallest absolute Gasteiger partial charge is 0.311 e. The predicted molar refractivity (Wildman–Crippen MR) is 80.7 cm³/mol. The number of hydrogen-bond acceptors (Lipinski definition) is 5. The van der Waals surface area contributed by atoms with Crippen LogP contribution in [0.25, 0.3) is 0 Å². The van der Waals surface area contributed by atoms with Gasteiger partial charge in [0.2, 0.25) is 0 Å². The van der Waals surface area contributed by atoms with E-state index in [1.54, 1.807) is 11.5 Å². The Balaban J connectivity index is 1.99. The normalized spacial score (nSPS) is 21.2. The first-order valence-electron chi connectivity index (χ1n) is 6.47. The molecule has 1 atom stereocenters. The van der Waals surface area contributed by atoms with Crippen molar-refractivity contribution < 1.29 is 8.42 Å². The molecule has 0 aromatic carbocycles. The van der Waals surface area contributed by atoms with Crippen molar-refractivity contribution in [3.05, 3.63) is 26.3 Å². The van der Waals surface area contributed by atoms with Crippen LogP contribution in [-0.4, -0.2) is 42.1 Å². The minimum Gasteiger partial charge on any atom is -0.311 e. The lowest BCUT2D eigenvalue weighted by Crippen LogP contribution is -2.36. The number of nitrogens with one attached hydrogen (secondary N) is 1. The average molecular weight is 364 g/mol. The van der Waals surface area contributed by atoms with Gasteiger partial charge in [0.25, 0.3) is 0 Å². The number of hydrogen-bond donors (Lipinski definition) is 1. The number of rotatable bonds is 4. The molecule has 6 nitrogen and oxygen atoms in total. The standard InChI is InChI=1S/C12H18BrN3O3S/c1-8-11(13)9(2)16(12(17)15-8)5-4-14-10-3-6-20(18,19)7-10/h10,14H,3-7H2,1-2H3. The highest BCUT2D eigenvalue weighted by Gasteiger charge is 2.27. The highest BCUT2D eigenvalue weighted by Crippen LogP contribution is 2.16. The summed E-state index contributed by atoms with van der Waals surface area (Å²) in [4.78, 5) is 15.8. The molecule has 2 heterocycles. The van der Waals surface area contributed by atoms with Gasteiger partial charge in [-0.2, -0.15) is 4.98 Å². The van der Waals surface area contributed by atoms with Crippen molar-refractivity contribution in [1.29, 1.82) is 0 Å². The van der Waals surface area contributed by atoms with Gasteiger partial charge in [0.05, 0.1) is 21.7 Å². The molecular weight excluding hydrogens is 346 g/mol. The first-order chi connectivity index (χ1) is 9.30. The van der Waals surface area contributed by atoms with Crippen LogP contribution in [0.3, 0.4) is 0 Å². The topological polar surface area (TPSA) is 81.1 Å². The highest BCUT2D eigenvalue weighted by molar-refractivity contribution is 9.10. The molecule has 1 saturated heterocycles. The van der Waals surface area contributed by atoms with E-state index in [0.29, 0.717) is 25.2 Å². The maximum Gasteiger partial charge on any atom is 0.348 e. The predicted octanol–water partition coefficient (Wildman–Crippen LogP) is 0.399. The Morgan fingerprint density at radius 3 is 2.75 bits per heavy atom. The van der Waals surface area contributed by atoms with E-state index in [2.05, 4.69) is 26.2 Å². The molecule has 0 amide bonds. The Hall–Kier alpha value is -0.730. The lowest BCUT2D eigenvalue weighted by Gasteiger charge is -2.14. The molecule has 0 bridgehead atoms. The van der Waals surface area contributed by atoms with E-state index < -0.39 is 9.84 Å². The first-order valence-corrected chi connectivity index (χ1v) is 9.09.